The van der Waals surface area contributed by atoms with Crippen LogP contribution >= 0.6 is 0 Å². The molecule has 0 aliphatic carbocycles. The number of aryl methyl sites for hydroxylation is 1. The maximum atomic E-state index is 12.4. The molecule has 25 heavy (non-hydrogen) atoms. The van der Waals surface area contributed by atoms with Crippen LogP contribution in [0.15, 0.2) is 36.7 Å². The van der Waals surface area contributed by atoms with Crippen LogP contribution in [0.2, 0.25) is 0 Å². The zero-order valence-corrected chi connectivity index (χ0v) is 14.7. The fourth-order valence-electron chi connectivity index (χ4n) is 3.42. The van der Waals surface area contributed by atoms with Gasteiger partial charge in [-0.2, -0.15) is 0 Å². The van der Waals surface area contributed by atoms with E-state index in [4.69, 9.17) is 0 Å². The van der Waals surface area contributed by atoms with Crippen molar-refractivity contribution in [3.05, 3.63) is 42.2 Å². The third-order valence-electron chi connectivity index (χ3n) is 4.85. The SMILES string of the molecule is Cn1ccnc1-c1cccc(C(=O)NCCN2CCCCC2CO)c1. The van der Waals surface area contributed by atoms with Crippen LogP contribution in [-0.4, -0.2) is 57.7 Å². The molecule has 1 aliphatic rings. The Hall–Kier alpha value is -2.18. The van der Waals surface area contributed by atoms with Crippen molar-refractivity contribution in [3.63, 3.8) is 0 Å². The van der Waals surface area contributed by atoms with E-state index >= 15 is 0 Å². The second-order valence-corrected chi connectivity index (χ2v) is 6.57. The number of benzene rings is 1. The van der Waals surface area contributed by atoms with Crippen molar-refractivity contribution in [2.45, 2.75) is 25.3 Å². The lowest BCUT2D eigenvalue weighted by Gasteiger charge is -2.34. The summed E-state index contributed by atoms with van der Waals surface area (Å²) < 4.78 is 1.93. The van der Waals surface area contributed by atoms with E-state index in [1.165, 1.54) is 6.42 Å². The van der Waals surface area contributed by atoms with Crippen molar-refractivity contribution in [3.8, 4) is 11.4 Å². The number of nitrogens with zero attached hydrogens (tertiary/aromatic N) is 3. The van der Waals surface area contributed by atoms with E-state index in [2.05, 4.69) is 15.2 Å². The van der Waals surface area contributed by atoms with E-state index in [0.717, 1.165) is 37.3 Å². The number of hydrogen-bond donors (Lipinski definition) is 2. The number of piperidine rings is 1. The Bertz CT molecular complexity index is 713. The second kappa shape index (κ2) is 8.27. The molecule has 3 rings (SSSR count). The molecule has 2 heterocycles. The molecule has 6 heteroatoms. The number of hydrogen-bond acceptors (Lipinski definition) is 4. The quantitative estimate of drug-likeness (QED) is 0.838. The standard InChI is InChI=1S/C19H26N4O2/c1-22-11-8-20-18(22)15-5-4-6-16(13-15)19(25)21-9-12-23-10-3-2-7-17(23)14-24/h4-6,8,11,13,17,24H,2-3,7,9-10,12,14H2,1H3,(H,21,25). The predicted molar refractivity (Wildman–Crippen MR) is 97.3 cm³/mol. The van der Waals surface area contributed by atoms with Crippen LogP contribution < -0.4 is 5.32 Å². The Kier molecular flexibility index (Phi) is 5.83. The minimum Gasteiger partial charge on any atom is -0.395 e. The number of aliphatic hydroxyl groups is 1. The number of imidazole rings is 1. The van der Waals surface area contributed by atoms with Gasteiger partial charge < -0.3 is 15.0 Å². The maximum Gasteiger partial charge on any atom is 0.251 e. The molecule has 134 valence electrons. The molecule has 6 nitrogen and oxygen atoms in total. The Morgan fingerprint density at radius 1 is 1.40 bits per heavy atom. The van der Waals surface area contributed by atoms with Crippen molar-refractivity contribution in [1.29, 1.82) is 0 Å². The van der Waals surface area contributed by atoms with Crippen molar-refractivity contribution >= 4 is 5.91 Å². The van der Waals surface area contributed by atoms with Crippen LogP contribution in [0.5, 0.6) is 0 Å². The molecule has 2 N–H and O–H groups in total. The van der Waals surface area contributed by atoms with Crippen LogP contribution in [0.25, 0.3) is 11.4 Å². The van der Waals surface area contributed by atoms with Gasteiger partial charge in [-0.05, 0) is 31.5 Å². The molecule has 0 radical (unpaired) electrons. The lowest BCUT2D eigenvalue weighted by atomic mass is 10.0. The zero-order valence-electron chi connectivity index (χ0n) is 14.7. The average Bonchev–Trinajstić information content (AvgIpc) is 3.08. The van der Waals surface area contributed by atoms with E-state index in [0.29, 0.717) is 12.1 Å². The zero-order chi connectivity index (χ0) is 17.6. The van der Waals surface area contributed by atoms with Crippen LogP contribution in [0, 0.1) is 0 Å². The summed E-state index contributed by atoms with van der Waals surface area (Å²) in [6.45, 7) is 2.55. The van der Waals surface area contributed by atoms with Gasteiger partial charge in [0.05, 0.1) is 6.61 Å². The smallest absolute Gasteiger partial charge is 0.251 e. The summed E-state index contributed by atoms with van der Waals surface area (Å²) in [4.78, 5) is 19.0. The van der Waals surface area contributed by atoms with Gasteiger partial charge >= 0.3 is 0 Å². The summed E-state index contributed by atoms with van der Waals surface area (Å²) in [6.07, 6.45) is 7.01. The van der Waals surface area contributed by atoms with Gasteiger partial charge in [-0.3, -0.25) is 9.69 Å². The fraction of sp³-hybridized carbons (Fsp3) is 0.474. The van der Waals surface area contributed by atoms with Crippen LogP contribution in [-0.2, 0) is 7.05 Å². The number of carbonyl (C=O) groups excluding carboxylic acids is 1. The molecule has 2 aromatic rings. The normalized spacial score (nSPS) is 18.2. The van der Waals surface area contributed by atoms with Crippen molar-refractivity contribution in [2.75, 3.05) is 26.2 Å². The molecule has 0 bridgehead atoms. The summed E-state index contributed by atoms with van der Waals surface area (Å²) in [5.41, 5.74) is 1.56. The first-order valence-corrected chi connectivity index (χ1v) is 8.90. The van der Waals surface area contributed by atoms with Crippen LogP contribution in [0.1, 0.15) is 29.6 Å². The van der Waals surface area contributed by atoms with Gasteiger partial charge in [-0.15, -0.1) is 0 Å². The van der Waals surface area contributed by atoms with Gasteiger partial charge in [0.25, 0.3) is 5.91 Å². The molecule has 1 aromatic carbocycles. The Balaban J connectivity index is 1.57. The first-order valence-electron chi connectivity index (χ1n) is 8.90. The van der Waals surface area contributed by atoms with E-state index in [1.54, 1.807) is 6.20 Å². The highest BCUT2D eigenvalue weighted by Gasteiger charge is 2.21. The molecule has 0 saturated carbocycles. The fourth-order valence-corrected chi connectivity index (χ4v) is 3.42. The van der Waals surface area contributed by atoms with Crippen LogP contribution in [0.4, 0.5) is 0 Å². The summed E-state index contributed by atoms with van der Waals surface area (Å²) in [5.74, 6) is 0.766. The van der Waals surface area contributed by atoms with Gasteiger partial charge in [0, 0.05) is 49.7 Å². The molecule has 0 spiro atoms. The van der Waals surface area contributed by atoms with Crippen LogP contribution in [0.3, 0.4) is 0 Å². The van der Waals surface area contributed by atoms with Gasteiger partial charge in [0.15, 0.2) is 0 Å². The third-order valence-corrected chi connectivity index (χ3v) is 4.85. The number of carbonyl (C=O) groups is 1. The molecule has 1 saturated heterocycles. The van der Waals surface area contributed by atoms with E-state index < -0.39 is 0 Å². The molecule has 1 fully saturated rings. The highest BCUT2D eigenvalue weighted by atomic mass is 16.3. The monoisotopic (exact) mass is 342 g/mol. The molecule has 1 aromatic heterocycles. The minimum atomic E-state index is -0.0754. The summed E-state index contributed by atoms with van der Waals surface area (Å²) in [7, 11) is 1.94. The predicted octanol–water partition coefficient (Wildman–Crippen LogP) is 1.66. The number of amides is 1. The van der Waals surface area contributed by atoms with Crippen molar-refractivity contribution < 1.29 is 9.90 Å². The van der Waals surface area contributed by atoms with E-state index in [1.807, 2.05) is 42.1 Å². The summed E-state index contributed by atoms with van der Waals surface area (Å²) >= 11 is 0. The Morgan fingerprint density at radius 2 is 2.28 bits per heavy atom. The number of rotatable bonds is 6. The Labute approximate surface area is 148 Å². The second-order valence-electron chi connectivity index (χ2n) is 6.57. The number of nitrogens with one attached hydrogen (secondary N) is 1. The largest absolute Gasteiger partial charge is 0.395 e. The minimum absolute atomic E-state index is 0.0754. The first-order chi connectivity index (χ1) is 12.2. The highest BCUT2D eigenvalue weighted by Crippen LogP contribution is 2.18. The molecular formula is C19H26N4O2. The number of likely N-dealkylation sites (tertiary alicyclic amines) is 1. The molecule has 1 aliphatic heterocycles. The molecular weight excluding hydrogens is 316 g/mol. The average molecular weight is 342 g/mol. The first kappa shape index (κ1) is 17.6. The summed E-state index contributed by atoms with van der Waals surface area (Å²) in [5, 5.41) is 12.4. The summed E-state index contributed by atoms with van der Waals surface area (Å²) in [6, 6.07) is 7.76. The van der Waals surface area contributed by atoms with Gasteiger partial charge in [0.2, 0.25) is 0 Å². The Morgan fingerprint density at radius 3 is 3.04 bits per heavy atom. The van der Waals surface area contributed by atoms with Gasteiger partial charge in [-0.1, -0.05) is 18.6 Å². The van der Waals surface area contributed by atoms with Crippen molar-refractivity contribution in [2.24, 2.45) is 7.05 Å². The van der Waals surface area contributed by atoms with E-state index in [9.17, 15) is 9.90 Å². The van der Waals surface area contributed by atoms with Crippen molar-refractivity contribution in [1.82, 2.24) is 19.8 Å². The highest BCUT2D eigenvalue weighted by molar-refractivity contribution is 5.95. The van der Waals surface area contributed by atoms with E-state index in [-0.39, 0.29) is 18.6 Å². The number of aliphatic hydroxyl groups excluding tert-OH is 1. The molecule has 1 amide bonds. The third kappa shape index (κ3) is 4.27. The van der Waals surface area contributed by atoms with Gasteiger partial charge in [0.1, 0.15) is 5.82 Å². The topological polar surface area (TPSA) is 70.4 Å². The lowest BCUT2D eigenvalue weighted by Crippen LogP contribution is -2.45. The molecule has 1 atom stereocenters. The lowest BCUT2D eigenvalue weighted by molar-refractivity contribution is 0.0849. The van der Waals surface area contributed by atoms with Gasteiger partial charge in [-0.25, -0.2) is 4.98 Å². The molecule has 1 unspecified atom stereocenters. The maximum absolute atomic E-state index is 12.4. The number of aromatic nitrogens is 2.